The molecule has 0 spiro atoms. The second-order valence-corrected chi connectivity index (χ2v) is 11.8. The smallest absolute Gasteiger partial charge is 0.243 e. The molecule has 3 heterocycles. The van der Waals surface area contributed by atoms with Crippen LogP contribution < -0.4 is 5.32 Å². The Morgan fingerprint density at radius 2 is 1.83 bits per heavy atom. The van der Waals surface area contributed by atoms with Crippen molar-refractivity contribution in [1.82, 2.24) is 18.9 Å². The Labute approximate surface area is 218 Å². The summed E-state index contributed by atoms with van der Waals surface area (Å²) in [6, 6.07) is 16.8. The van der Waals surface area contributed by atoms with E-state index in [-0.39, 0.29) is 6.04 Å². The molecule has 4 aromatic rings. The summed E-state index contributed by atoms with van der Waals surface area (Å²) in [5, 5.41) is 8.64. The lowest BCUT2D eigenvalue weighted by Crippen LogP contribution is -2.42. The quantitative estimate of drug-likeness (QED) is 0.322. The van der Waals surface area contributed by atoms with E-state index >= 15 is 0 Å². The second-order valence-electron chi connectivity index (χ2n) is 8.55. The third kappa shape index (κ3) is 4.82. The van der Waals surface area contributed by atoms with Crippen LogP contribution in [-0.4, -0.2) is 46.5 Å². The Morgan fingerprint density at radius 3 is 2.51 bits per heavy atom. The molecule has 2 aromatic heterocycles. The molecule has 182 valence electrons. The Hall–Kier alpha value is -2.46. The van der Waals surface area contributed by atoms with Crippen molar-refractivity contribution in [2.75, 3.05) is 18.4 Å². The van der Waals surface area contributed by atoms with Crippen LogP contribution in [0.5, 0.6) is 0 Å². The highest BCUT2D eigenvalue weighted by Crippen LogP contribution is 2.31. The largest absolute Gasteiger partial charge is 0.367 e. The first kappa shape index (κ1) is 24.2. The standard InChI is InChI=1S/C25H25BrClN5O2S/c1-2-17-7-9-19(10-8-17)35(33,34)31-13-11-18(12-14-31)29-24-15-23(20-5-3-4-6-22(20)27)30-25-21(26)16-28-32(24)25/h3-10,15-16,18,29H,2,11-14H2,1H3. The van der Waals surface area contributed by atoms with Crippen molar-refractivity contribution in [3.63, 3.8) is 0 Å². The molecule has 1 fully saturated rings. The normalized spacial score (nSPS) is 15.5. The number of rotatable bonds is 6. The summed E-state index contributed by atoms with van der Waals surface area (Å²) in [4.78, 5) is 5.10. The monoisotopic (exact) mass is 573 g/mol. The number of nitrogens with one attached hydrogen (secondary N) is 1. The maximum Gasteiger partial charge on any atom is 0.243 e. The fourth-order valence-electron chi connectivity index (χ4n) is 4.34. The van der Waals surface area contributed by atoms with E-state index in [2.05, 4.69) is 33.3 Å². The number of fused-ring (bicyclic) bond motifs is 1. The third-order valence-electron chi connectivity index (χ3n) is 6.35. The van der Waals surface area contributed by atoms with Crippen molar-refractivity contribution in [3.05, 3.63) is 75.9 Å². The third-order valence-corrected chi connectivity index (χ3v) is 9.16. The van der Waals surface area contributed by atoms with Crippen LogP contribution in [-0.2, 0) is 16.4 Å². The zero-order chi connectivity index (χ0) is 24.6. The van der Waals surface area contributed by atoms with Gasteiger partial charge in [0.2, 0.25) is 10.0 Å². The summed E-state index contributed by atoms with van der Waals surface area (Å²) in [7, 11) is -3.51. The molecule has 0 amide bonds. The van der Waals surface area contributed by atoms with Gasteiger partial charge < -0.3 is 5.32 Å². The van der Waals surface area contributed by atoms with Gasteiger partial charge in [0.25, 0.3) is 0 Å². The highest BCUT2D eigenvalue weighted by molar-refractivity contribution is 9.10. The highest BCUT2D eigenvalue weighted by Gasteiger charge is 2.30. The molecule has 1 aliphatic heterocycles. The molecule has 1 aliphatic rings. The molecule has 5 rings (SSSR count). The van der Waals surface area contributed by atoms with Crippen molar-refractivity contribution in [3.8, 4) is 11.3 Å². The number of piperidine rings is 1. The average molecular weight is 575 g/mol. The Kier molecular flexibility index (Phi) is 6.85. The van der Waals surface area contributed by atoms with Crippen molar-refractivity contribution >= 4 is 49.0 Å². The molecular formula is C25H25BrClN5O2S. The Bertz CT molecular complexity index is 1470. The molecule has 1 N–H and O–H groups in total. The molecule has 0 unspecified atom stereocenters. The van der Waals surface area contributed by atoms with Crippen molar-refractivity contribution in [2.24, 2.45) is 0 Å². The fourth-order valence-corrected chi connectivity index (χ4v) is 6.39. The van der Waals surface area contributed by atoms with Gasteiger partial charge in [-0.05, 0) is 59.0 Å². The van der Waals surface area contributed by atoms with Crippen LogP contribution in [0.4, 0.5) is 5.82 Å². The average Bonchev–Trinajstić information content (AvgIpc) is 3.25. The summed E-state index contributed by atoms with van der Waals surface area (Å²) in [6.07, 6.45) is 3.95. The molecule has 1 saturated heterocycles. The number of sulfonamides is 1. The van der Waals surface area contributed by atoms with E-state index in [4.69, 9.17) is 16.6 Å². The number of hydrogen-bond acceptors (Lipinski definition) is 5. The van der Waals surface area contributed by atoms with Crippen LogP contribution in [0.15, 0.2) is 70.2 Å². The highest BCUT2D eigenvalue weighted by atomic mass is 79.9. The first-order valence-electron chi connectivity index (χ1n) is 11.5. The van der Waals surface area contributed by atoms with E-state index in [1.54, 1.807) is 27.2 Å². The maximum atomic E-state index is 13.1. The molecule has 7 nitrogen and oxygen atoms in total. The number of nitrogens with zero attached hydrogens (tertiary/aromatic N) is 4. The molecule has 0 saturated carbocycles. The Morgan fingerprint density at radius 1 is 1.11 bits per heavy atom. The summed E-state index contributed by atoms with van der Waals surface area (Å²) in [6.45, 7) is 2.95. The molecule has 0 bridgehead atoms. The lowest BCUT2D eigenvalue weighted by atomic mass is 10.1. The van der Waals surface area contributed by atoms with E-state index in [0.717, 1.165) is 33.5 Å². The Balaban J connectivity index is 1.36. The SMILES string of the molecule is CCc1ccc(S(=O)(=O)N2CCC(Nc3cc(-c4ccccc4Cl)nc4c(Br)cnn34)CC2)cc1. The molecule has 0 atom stereocenters. The zero-order valence-corrected chi connectivity index (χ0v) is 22.3. The number of anilines is 1. The molecular weight excluding hydrogens is 550 g/mol. The molecule has 0 aliphatic carbocycles. The summed E-state index contributed by atoms with van der Waals surface area (Å²) in [5.41, 5.74) is 3.38. The van der Waals surface area contributed by atoms with Gasteiger partial charge in [0.15, 0.2) is 5.65 Å². The molecule has 0 radical (unpaired) electrons. The van der Waals surface area contributed by atoms with Gasteiger partial charge >= 0.3 is 0 Å². The summed E-state index contributed by atoms with van der Waals surface area (Å²) in [5.74, 6) is 0.784. The number of hydrogen-bond donors (Lipinski definition) is 1. The van der Waals surface area contributed by atoms with E-state index in [9.17, 15) is 8.42 Å². The lowest BCUT2D eigenvalue weighted by molar-refractivity contribution is 0.329. The van der Waals surface area contributed by atoms with Gasteiger partial charge in [0, 0.05) is 35.8 Å². The first-order chi connectivity index (χ1) is 16.9. The van der Waals surface area contributed by atoms with Crippen LogP contribution in [0, 0.1) is 0 Å². The zero-order valence-electron chi connectivity index (χ0n) is 19.2. The van der Waals surface area contributed by atoms with Crippen LogP contribution in [0.2, 0.25) is 5.02 Å². The molecule has 35 heavy (non-hydrogen) atoms. The number of aromatic nitrogens is 3. The second kappa shape index (κ2) is 9.89. The predicted octanol–water partition coefficient (Wildman–Crippen LogP) is 5.64. The van der Waals surface area contributed by atoms with Crippen molar-refractivity contribution in [2.45, 2.75) is 37.1 Å². The van der Waals surface area contributed by atoms with Gasteiger partial charge in [0.1, 0.15) is 5.82 Å². The minimum atomic E-state index is -3.51. The summed E-state index contributed by atoms with van der Waals surface area (Å²) < 4.78 is 30.4. The minimum Gasteiger partial charge on any atom is -0.367 e. The van der Waals surface area contributed by atoms with E-state index < -0.39 is 10.0 Å². The van der Waals surface area contributed by atoms with Crippen molar-refractivity contribution < 1.29 is 8.42 Å². The summed E-state index contributed by atoms with van der Waals surface area (Å²) >= 11 is 9.97. The topological polar surface area (TPSA) is 79.6 Å². The van der Waals surface area contributed by atoms with Gasteiger partial charge in [-0.25, -0.2) is 13.4 Å². The number of halogens is 2. The van der Waals surface area contributed by atoms with Crippen LogP contribution in [0.25, 0.3) is 16.9 Å². The van der Waals surface area contributed by atoms with Crippen LogP contribution in [0.1, 0.15) is 25.3 Å². The minimum absolute atomic E-state index is 0.0941. The van der Waals surface area contributed by atoms with Gasteiger partial charge in [-0.2, -0.15) is 13.9 Å². The van der Waals surface area contributed by atoms with E-state index in [1.165, 1.54) is 0 Å². The van der Waals surface area contributed by atoms with Gasteiger partial charge in [-0.15, -0.1) is 0 Å². The van der Waals surface area contributed by atoms with Gasteiger partial charge in [-0.3, -0.25) is 0 Å². The molecule has 2 aromatic carbocycles. The van der Waals surface area contributed by atoms with Gasteiger partial charge in [0.05, 0.1) is 21.3 Å². The van der Waals surface area contributed by atoms with Crippen LogP contribution >= 0.6 is 27.5 Å². The first-order valence-corrected chi connectivity index (χ1v) is 14.1. The lowest BCUT2D eigenvalue weighted by Gasteiger charge is -2.32. The molecule has 10 heteroatoms. The van der Waals surface area contributed by atoms with Crippen molar-refractivity contribution in [1.29, 1.82) is 0 Å². The number of benzene rings is 2. The maximum absolute atomic E-state index is 13.1. The van der Waals surface area contributed by atoms with Crippen LogP contribution in [0.3, 0.4) is 0 Å². The van der Waals surface area contributed by atoms with Gasteiger partial charge in [-0.1, -0.05) is 48.9 Å². The number of aryl methyl sites for hydroxylation is 1. The fraction of sp³-hybridized carbons (Fsp3) is 0.280. The van der Waals surface area contributed by atoms with E-state index in [1.807, 2.05) is 42.5 Å². The van der Waals surface area contributed by atoms with E-state index in [0.29, 0.717) is 41.5 Å². The predicted molar refractivity (Wildman–Crippen MR) is 142 cm³/mol.